The summed E-state index contributed by atoms with van der Waals surface area (Å²) >= 11 is 0. The summed E-state index contributed by atoms with van der Waals surface area (Å²) in [4.78, 5) is 0. The standard InChI is InChI=1S/C21H31N/c1-14(2)8-11-21-12-15(3)17-9-10-20(5,13-22)18(19(17)21)7-6-16(21)4/h8,11,15-19H,1,6-7,9-10,12H2,2-5H3. The molecule has 0 aromatic rings. The first kappa shape index (κ1) is 15.9. The van der Waals surface area contributed by atoms with Gasteiger partial charge in [-0.05, 0) is 81.0 Å². The molecule has 3 fully saturated rings. The third-order valence-electron chi connectivity index (χ3n) is 7.50. The van der Waals surface area contributed by atoms with Crippen molar-refractivity contribution in [3.63, 3.8) is 0 Å². The minimum absolute atomic E-state index is 0.103. The smallest absolute Gasteiger partial charge is 0.0689 e. The Hall–Kier alpha value is -1.03. The maximum atomic E-state index is 9.83. The van der Waals surface area contributed by atoms with Gasteiger partial charge in [-0.25, -0.2) is 0 Å². The summed E-state index contributed by atoms with van der Waals surface area (Å²) in [7, 11) is 0. The van der Waals surface area contributed by atoms with Crippen molar-refractivity contribution < 1.29 is 0 Å². The van der Waals surface area contributed by atoms with Crippen LogP contribution in [0.3, 0.4) is 0 Å². The average Bonchev–Trinajstić information content (AvgIpc) is 2.78. The molecule has 0 radical (unpaired) electrons. The van der Waals surface area contributed by atoms with Crippen LogP contribution < -0.4 is 0 Å². The molecule has 0 aromatic heterocycles. The molecule has 3 aliphatic rings. The summed E-state index contributed by atoms with van der Waals surface area (Å²) in [6, 6.07) is 2.72. The molecule has 7 unspecified atom stereocenters. The summed E-state index contributed by atoms with van der Waals surface area (Å²) < 4.78 is 0. The van der Waals surface area contributed by atoms with Crippen molar-refractivity contribution in [2.45, 2.75) is 59.8 Å². The van der Waals surface area contributed by atoms with E-state index in [-0.39, 0.29) is 5.41 Å². The van der Waals surface area contributed by atoms with Crippen LogP contribution in [0.15, 0.2) is 24.3 Å². The molecule has 0 saturated heterocycles. The summed E-state index contributed by atoms with van der Waals surface area (Å²) in [6.45, 7) is 13.3. The molecule has 0 aliphatic heterocycles. The molecule has 0 aromatic carbocycles. The predicted molar refractivity (Wildman–Crippen MR) is 92.0 cm³/mol. The van der Waals surface area contributed by atoms with Gasteiger partial charge in [-0.2, -0.15) is 5.26 Å². The van der Waals surface area contributed by atoms with E-state index in [1.54, 1.807) is 0 Å². The lowest BCUT2D eigenvalue weighted by Gasteiger charge is -2.55. The van der Waals surface area contributed by atoms with Gasteiger partial charge in [0.2, 0.25) is 0 Å². The van der Waals surface area contributed by atoms with Gasteiger partial charge >= 0.3 is 0 Å². The lowest BCUT2D eigenvalue weighted by Crippen LogP contribution is -2.50. The molecule has 1 heteroatoms. The Morgan fingerprint density at radius 1 is 1.27 bits per heavy atom. The Balaban J connectivity index is 2.07. The van der Waals surface area contributed by atoms with E-state index < -0.39 is 0 Å². The molecule has 22 heavy (non-hydrogen) atoms. The molecule has 3 saturated carbocycles. The zero-order valence-corrected chi connectivity index (χ0v) is 14.7. The zero-order valence-electron chi connectivity index (χ0n) is 14.7. The van der Waals surface area contributed by atoms with Crippen LogP contribution in [0, 0.1) is 51.8 Å². The second-order valence-electron chi connectivity index (χ2n) is 8.82. The minimum Gasteiger partial charge on any atom is -0.198 e. The van der Waals surface area contributed by atoms with Crippen molar-refractivity contribution in [1.82, 2.24) is 0 Å². The largest absolute Gasteiger partial charge is 0.198 e. The van der Waals surface area contributed by atoms with Gasteiger partial charge in [-0.3, -0.25) is 0 Å². The molecule has 1 nitrogen and oxygen atoms in total. The molecule has 0 amide bonds. The van der Waals surface area contributed by atoms with Crippen LogP contribution in [0.2, 0.25) is 0 Å². The van der Waals surface area contributed by atoms with Crippen molar-refractivity contribution >= 4 is 0 Å². The highest BCUT2D eigenvalue weighted by atomic mass is 14.7. The van der Waals surface area contributed by atoms with E-state index in [2.05, 4.69) is 52.5 Å². The van der Waals surface area contributed by atoms with Crippen LogP contribution in [0.4, 0.5) is 0 Å². The van der Waals surface area contributed by atoms with Crippen molar-refractivity contribution in [1.29, 1.82) is 5.26 Å². The summed E-state index contributed by atoms with van der Waals surface area (Å²) in [5, 5.41) is 9.83. The molecule has 0 heterocycles. The fourth-order valence-electron chi connectivity index (χ4n) is 6.29. The van der Waals surface area contributed by atoms with E-state index in [9.17, 15) is 5.26 Å². The van der Waals surface area contributed by atoms with Gasteiger partial charge in [0.15, 0.2) is 0 Å². The van der Waals surface area contributed by atoms with Crippen LogP contribution in [-0.4, -0.2) is 0 Å². The summed E-state index contributed by atoms with van der Waals surface area (Å²) in [6.07, 6.45) is 11.0. The van der Waals surface area contributed by atoms with Gasteiger partial charge in [0, 0.05) is 0 Å². The van der Waals surface area contributed by atoms with E-state index in [0.29, 0.717) is 17.3 Å². The van der Waals surface area contributed by atoms with Crippen molar-refractivity contribution in [3.05, 3.63) is 24.3 Å². The highest BCUT2D eigenvalue weighted by Crippen LogP contribution is 2.68. The highest BCUT2D eigenvalue weighted by molar-refractivity contribution is 5.24. The molecule has 3 aliphatic carbocycles. The Bertz CT molecular complexity index is 539. The van der Waals surface area contributed by atoms with E-state index in [1.807, 2.05) is 0 Å². The number of hydrogen-bond donors (Lipinski definition) is 0. The summed E-state index contributed by atoms with van der Waals surface area (Å²) in [5.74, 6) is 3.65. The van der Waals surface area contributed by atoms with Crippen molar-refractivity contribution in [3.8, 4) is 6.07 Å². The second-order valence-corrected chi connectivity index (χ2v) is 8.82. The Labute approximate surface area is 136 Å². The van der Waals surface area contributed by atoms with Gasteiger partial charge < -0.3 is 0 Å². The summed E-state index contributed by atoms with van der Waals surface area (Å²) in [5.41, 5.74) is 1.36. The third-order valence-corrected chi connectivity index (χ3v) is 7.50. The van der Waals surface area contributed by atoms with Gasteiger partial charge in [0.1, 0.15) is 0 Å². The molecule has 0 spiro atoms. The predicted octanol–water partition coefficient (Wildman–Crippen LogP) is 5.75. The maximum Gasteiger partial charge on any atom is 0.0689 e. The first-order chi connectivity index (χ1) is 10.3. The lowest BCUT2D eigenvalue weighted by atomic mass is 9.48. The topological polar surface area (TPSA) is 23.8 Å². The SMILES string of the molecule is C=C(C)C=CC12CC(C)C3CCC(C)(C#N)C(CCC1C)C32. The van der Waals surface area contributed by atoms with Crippen LogP contribution in [0.25, 0.3) is 0 Å². The van der Waals surface area contributed by atoms with E-state index >= 15 is 0 Å². The number of hydrogen-bond acceptors (Lipinski definition) is 1. The first-order valence-corrected chi connectivity index (χ1v) is 9.10. The molecule has 0 N–H and O–H groups in total. The fraction of sp³-hybridized carbons (Fsp3) is 0.762. The van der Waals surface area contributed by atoms with Crippen LogP contribution in [0.1, 0.15) is 59.8 Å². The van der Waals surface area contributed by atoms with Gasteiger partial charge in [0.25, 0.3) is 0 Å². The van der Waals surface area contributed by atoms with Crippen molar-refractivity contribution in [2.24, 2.45) is 40.4 Å². The number of allylic oxidation sites excluding steroid dienone is 3. The minimum atomic E-state index is -0.103. The Morgan fingerprint density at radius 2 is 2.00 bits per heavy atom. The second kappa shape index (κ2) is 5.26. The Kier molecular flexibility index (Phi) is 3.79. The van der Waals surface area contributed by atoms with Gasteiger partial charge in [-0.1, -0.05) is 38.2 Å². The van der Waals surface area contributed by atoms with Crippen LogP contribution in [-0.2, 0) is 0 Å². The van der Waals surface area contributed by atoms with Gasteiger partial charge in [0.05, 0.1) is 11.5 Å². The van der Waals surface area contributed by atoms with E-state index in [0.717, 1.165) is 29.7 Å². The third kappa shape index (κ3) is 2.10. The van der Waals surface area contributed by atoms with E-state index in [4.69, 9.17) is 0 Å². The van der Waals surface area contributed by atoms with Crippen LogP contribution in [0.5, 0.6) is 0 Å². The molecule has 0 bridgehead atoms. The number of nitrogens with zero attached hydrogens (tertiary/aromatic N) is 1. The number of rotatable bonds is 2. The number of nitriles is 1. The van der Waals surface area contributed by atoms with Gasteiger partial charge in [-0.15, -0.1) is 0 Å². The van der Waals surface area contributed by atoms with Crippen molar-refractivity contribution in [2.75, 3.05) is 0 Å². The molecule has 7 atom stereocenters. The lowest BCUT2D eigenvalue weighted by molar-refractivity contribution is -0.0448. The first-order valence-electron chi connectivity index (χ1n) is 9.10. The normalized spacial score (nSPS) is 50.6. The quantitative estimate of drug-likeness (QED) is 0.596. The average molecular weight is 297 g/mol. The molecule has 120 valence electrons. The molecule has 3 rings (SSSR count). The zero-order chi connectivity index (χ0) is 16.1. The molecular weight excluding hydrogens is 266 g/mol. The highest BCUT2D eigenvalue weighted by Gasteiger charge is 2.62. The fourth-order valence-corrected chi connectivity index (χ4v) is 6.29. The van der Waals surface area contributed by atoms with Crippen LogP contribution >= 0.6 is 0 Å². The maximum absolute atomic E-state index is 9.83. The van der Waals surface area contributed by atoms with E-state index in [1.165, 1.54) is 25.7 Å². The molecular formula is C21H31N. The Morgan fingerprint density at radius 3 is 2.64 bits per heavy atom. The monoisotopic (exact) mass is 297 g/mol.